The zero-order valence-corrected chi connectivity index (χ0v) is 13.7. The van der Waals surface area contributed by atoms with Crippen LogP contribution in [0.5, 0.6) is 5.75 Å². The van der Waals surface area contributed by atoms with Crippen molar-refractivity contribution in [3.63, 3.8) is 0 Å². The van der Waals surface area contributed by atoms with Crippen molar-refractivity contribution in [2.45, 2.75) is 6.54 Å². The number of ether oxygens (including phenoxy) is 1. The van der Waals surface area contributed by atoms with E-state index in [2.05, 4.69) is 39.4 Å². The molecule has 0 atom stereocenters. The van der Waals surface area contributed by atoms with E-state index in [0.29, 0.717) is 6.54 Å². The fourth-order valence-corrected chi connectivity index (χ4v) is 3.35. The Balaban J connectivity index is 1.60. The minimum absolute atomic E-state index is 0.684. The summed E-state index contributed by atoms with van der Waals surface area (Å²) in [7, 11) is 1.67. The molecule has 0 amide bonds. The SMILES string of the molecule is COc1ccc(C2=NNc3nc4c5ccccc5ccc4n3C2)cc1. The van der Waals surface area contributed by atoms with Gasteiger partial charge < -0.3 is 9.30 Å². The van der Waals surface area contributed by atoms with Crippen LogP contribution in [0.1, 0.15) is 5.56 Å². The molecule has 1 N–H and O–H groups in total. The number of hydrogen-bond donors (Lipinski definition) is 1. The van der Waals surface area contributed by atoms with E-state index in [4.69, 9.17) is 9.72 Å². The van der Waals surface area contributed by atoms with Crippen molar-refractivity contribution in [3.8, 4) is 5.75 Å². The van der Waals surface area contributed by atoms with E-state index >= 15 is 0 Å². The summed E-state index contributed by atoms with van der Waals surface area (Å²) in [6.07, 6.45) is 0. The molecule has 0 aliphatic carbocycles. The molecule has 0 saturated carbocycles. The predicted octanol–water partition coefficient (Wildman–Crippen LogP) is 4.03. The smallest absolute Gasteiger partial charge is 0.225 e. The molecule has 5 nitrogen and oxygen atoms in total. The molecular weight excluding hydrogens is 312 g/mol. The Morgan fingerprint density at radius 3 is 2.68 bits per heavy atom. The summed E-state index contributed by atoms with van der Waals surface area (Å²) in [5.41, 5.74) is 7.27. The van der Waals surface area contributed by atoms with Gasteiger partial charge >= 0.3 is 0 Å². The topological polar surface area (TPSA) is 51.4 Å². The highest BCUT2D eigenvalue weighted by Gasteiger charge is 2.19. The van der Waals surface area contributed by atoms with Crippen molar-refractivity contribution in [1.29, 1.82) is 0 Å². The summed E-state index contributed by atoms with van der Waals surface area (Å²) in [6, 6.07) is 20.6. The maximum Gasteiger partial charge on any atom is 0.225 e. The number of hydrogen-bond acceptors (Lipinski definition) is 4. The van der Waals surface area contributed by atoms with Gasteiger partial charge in [-0.2, -0.15) is 5.10 Å². The van der Waals surface area contributed by atoms with Crippen molar-refractivity contribution >= 4 is 33.5 Å². The maximum atomic E-state index is 5.23. The molecular formula is C20H16N4O. The first-order valence-electron chi connectivity index (χ1n) is 8.18. The summed E-state index contributed by atoms with van der Waals surface area (Å²) in [5.74, 6) is 1.62. The van der Waals surface area contributed by atoms with E-state index < -0.39 is 0 Å². The molecule has 1 aliphatic rings. The zero-order chi connectivity index (χ0) is 16.8. The summed E-state index contributed by atoms with van der Waals surface area (Å²) in [4.78, 5) is 4.76. The molecule has 0 spiro atoms. The van der Waals surface area contributed by atoms with Crippen molar-refractivity contribution in [1.82, 2.24) is 9.55 Å². The number of rotatable bonds is 2. The number of nitrogens with zero attached hydrogens (tertiary/aromatic N) is 3. The molecule has 5 rings (SSSR count). The predicted molar refractivity (Wildman–Crippen MR) is 100 cm³/mol. The van der Waals surface area contributed by atoms with Crippen molar-refractivity contribution < 1.29 is 4.74 Å². The molecule has 3 aromatic carbocycles. The lowest BCUT2D eigenvalue weighted by Crippen LogP contribution is -2.20. The van der Waals surface area contributed by atoms with E-state index in [-0.39, 0.29) is 0 Å². The highest BCUT2D eigenvalue weighted by Crippen LogP contribution is 2.29. The Bertz CT molecular complexity index is 1130. The number of nitrogens with one attached hydrogen (secondary N) is 1. The number of methoxy groups -OCH3 is 1. The van der Waals surface area contributed by atoms with Gasteiger partial charge in [-0.1, -0.05) is 30.3 Å². The first-order valence-corrected chi connectivity index (χ1v) is 8.18. The first kappa shape index (κ1) is 14.0. The Morgan fingerprint density at radius 1 is 1.00 bits per heavy atom. The molecule has 0 fully saturated rings. The van der Waals surface area contributed by atoms with E-state index in [1.165, 1.54) is 5.39 Å². The largest absolute Gasteiger partial charge is 0.497 e. The number of fused-ring (bicyclic) bond motifs is 5. The Hall–Kier alpha value is -3.34. The molecule has 1 aromatic heterocycles. The number of hydrazone groups is 1. The molecule has 122 valence electrons. The van der Waals surface area contributed by atoms with Crippen LogP contribution in [0, 0.1) is 0 Å². The third kappa shape index (κ3) is 2.16. The highest BCUT2D eigenvalue weighted by molar-refractivity contribution is 6.07. The lowest BCUT2D eigenvalue weighted by Gasteiger charge is -2.16. The second-order valence-corrected chi connectivity index (χ2v) is 6.07. The molecule has 2 heterocycles. The highest BCUT2D eigenvalue weighted by atomic mass is 16.5. The van der Waals surface area contributed by atoms with Gasteiger partial charge in [-0.25, -0.2) is 10.4 Å². The van der Waals surface area contributed by atoms with Crippen LogP contribution in [0.25, 0.3) is 21.8 Å². The average molecular weight is 328 g/mol. The van der Waals surface area contributed by atoms with Crippen LogP contribution < -0.4 is 10.2 Å². The Morgan fingerprint density at radius 2 is 1.84 bits per heavy atom. The van der Waals surface area contributed by atoms with Gasteiger partial charge in [0.15, 0.2) is 0 Å². The van der Waals surface area contributed by atoms with Crippen molar-refractivity contribution in [2.75, 3.05) is 12.5 Å². The van der Waals surface area contributed by atoms with E-state index in [1.807, 2.05) is 36.4 Å². The average Bonchev–Trinajstić information content (AvgIpc) is 3.06. The van der Waals surface area contributed by atoms with Gasteiger partial charge in [-0.05, 0) is 41.3 Å². The maximum absolute atomic E-state index is 5.23. The third-order valence-corrected chi connectivity index (χ3v) is 4.67. The van der Waals surface area contributed by atoms with Crippen LogP contribution in [0.2, 0.25) is 0 Å². The van der Waals surface area contributed by atoms with Crippen LogP contribution in [-0.4, -0.2) is 22.4 Å². The second kappa shape index (κ2) is 5.34. The third-order valence-electron chi connectivity index (χ3n) is 4.67. The number of benzene rings is 3. The monoisotopic (exact) mass is 328 g/mol. The summed E-state index contributed by atoms with van der Waals surface area (Å²) in [5, 5.41) is 6.87. The van der Waals surface area contributed by atoms with Gasteiger partial charge in [0.1, 0.15) is 5.75 Å². The lowest BCUT2D eigenvalue weighted by molar-refractivity contribution is 0.415. The lowest BCUT2D eigenvalue weighted by atomic mass is 10.1. The fraction of sp³-hybridized carbons (Fsp3) is 0.100. The van der Waals surface area contributed by atoms with Crippen LogP contribution in [0.15, 0.2) is 65.8 Å². The van der Waals surface area contributed by atoms with Gasteiger partial charge in [-0.3, -0.25) is 0 Å². The van der Waals surface area contributed by atoms with Gasteiger partial charge in [0, 0.05) is 5.39 Å². The normalized spacial score (nSPS) is 13.4. The zero-order valence-electron chi connectivity index (χ0n) is 13.7. The molecule has 0 saturated heterocycles. The van der Waals surface area contributed by atoms with E-state index in [1.54, 1.807) is 7.11 Å². The standard InChI is InChI=1S/C20H16N4O/c1-25-15-9-6-14(7-10-15)17-12-24-18-11-8-13-4-2-3-5-16(13)19(18)21-20(24)23-22-17/h2-11H,12H2,1H3,(H,21,23). The fourth-order valence-electron chi connectivity index (χ4n) is 3.35. The first-order chi connectivity index (χ1) is 12.3. The van der Waals surface area contributed by atoms with E-state index in [9.17, 15) is 0 Å². The van der Waals surface area contributed by atoms with Gasteiger partial charge in [0.05, 0.1) is 30.4 Å². The summed E-state index contributed by atoms with van der Waals surface area (Å²) >= 11 is 0. The number of anilines is 1. The molecule has 1 aliphatic heterocycles. The summed E-state index contributed by atoms with van der Waals surface area (Å²) in [6.45, 7) is 0.684. The van der Waals surface area contributed by atoms with Crippen LogP contribution >= 0.6 is 0 Å². The Kier molecular flexibility index (Phi) is 3.00. The minimum Gasteiger partial charge on any atom is -0.497 e. The molecule has 0 unspecified atom stereocenters. The van der Waals surface area contributed by atoms with Gasteiger partial charge in [0.25, 0.3) is 0 Å². The number of aromatic nitrogens is 2. The number of imidazole rings is 1. The van der Waals surface area contributed by atoms with Crippen LogP contribution in [0.3, 0.4) is 0 Å². The molecule has 5 heteroatoms. The molecule has 0 bridgehead atoms. The van der Waals surface area contributed by atoms with Crippen LogP contribution in [0.4, 0.5) is 5.95 Å². The van der Waals surface area contributed by atoms with Gasteiger partial charge in [0.2, 0.25) is 5.95 Å². The minimum atomic E-state index is 0.684. The van der Waals surface area contributed by atoms with Crippen LogP contribution in [-0.2, 0) is 6.54 Å². The summed E-state index contributed by atoms with van der Waals surface area (Å²) < 4.78 is 7.40. The molecule has 4 aromatic rings. The Labute approximate surface area is 144 Å². The second-order valence-electron chi connectivity index (χ2n) is 6.07. The quantitative estimate of drug-likeness (QED) is 0.604. The van der Waals surface area contributed by atoms with E-state index in [0.717, 1.165) is 39.4 Å². The van der Waals surface area contributed by atoms with Gasteiger partial charge in [-0.15, -0.1) is 0 Å². The van der Waals surface area contributed by atoms with Crippen molar-refractivity contribution in [2.24, 2.45) is 5.10 Å². The molecule has 0 radical (unpaired) electrons. The van der Waals surface area contributed by atoms with Crippen molar-refractivity contribution in [3.05, 3.63) is 66.2 Å². The molecule has 25 heavy (non-hydrogen) atoms.